The van der Waals surface area contributed by atoms with Crippen molar-refractivity contribution in [3.63, 3.8) is 0 Å². The minimum Gasteiger partial charge on any atom is -0.478 e. The smallest absolute Gasteiger partial charge is 0.337 e. The van der Waals surface area contributed by atoms with Crippen LogP contribution in [0.2, 0.25) is 0 Å². The van der Waals surface area contributed by atoms with Gasteiger partial charge in [0.15, 0.2) is 0 Å². The summed E-state index contributed by atoms with van der Waals surface area (Å²) in [6.07, 6.45) is 0. The van der Waals surface area contributed by atoms with Gasteiger partial charge in [0.05, 0.1) is 11.1 Å². The van der Waals surface area contributed by atoms with Crippen LogP contribution in [0.1, 0.15) is 21.5 Å². The standard InChI is InChI=1S/C9H6BrNO2S/c10-3-5-1-2-6(4-11)8(14)7(5)9(12)13/h1-2,14H,3H2,(H,12,13). The SMILES string of the molecule is N#Cc1ccc(CBr)c(C(=O)O)c1S. The third kappa shape index (κ3) is 1.91. The number of carbonyl (C=O) groups is 1. The molecule has 0 bridgehead atoms. The highest BCUT2D eigenvalue weighted by atomic mass is 79.9. The van der Waals surface area contributed by atoms with Crippen molar-refractivity contribution in [1.82, 2.24) is 0 Å². The summed E-state index contributed by atoms with van der Waals surface area (Å²) in [5, 5.41) is 18.0. The molecule has 0 heterocycles. The Labute approximate surface area is 94.9 Å². The predicted molar refractivity (Wildman–Crippen MR) is 58.0 cm³/mol. The Bertz CT molecular complexity index is 426. The number of carboxylic acid groups (broad SMARTS) is 1. The van der Waals surface area contributed by atoms with Gasteiger partial charge < -0.3 is 5.11 Å². The highest BCUT2D eigenvalue weighted by molar-refractivity contribution is 9.08. The maximum Gasteiger partial charge on any atom is 0.337 e. The molecule has 1 aromatic rings. The van der Waals surface area contributed by atoms with Gasteiger partial charge in [0, 0.05) is 10.2 Å². The lowest BCUT2D eigenvalue weighted by Crippen LogP contribution is -2.04. The van der Waals surface area contributed by atoms with Gasteiger partial charge in [-0.1, -0.05) is 22.0 Å². The van der Waals surface area contributed by atoms with Crippen LogP contribution in [0.4, 0.5) is 0 Å². The molecule has 0 fully saturated rings. The van der Waals surface area contributed by atoms with E-state index in [1.807, 2.05) is 6.07 Å². The van der Waals surface area contributed by atoms with Crippen molar-refractivity contribution < 1.29 is 9.90 Å². The Morgan fingerprint density at radius 1 is 1.64 bits per heavy atom. The van der Waals surface area contributed by atoms with Crippen molar-refractivity contribution >= 4 is 34.5 Å². The number of alkyl halides is 1. The van der Waals surface area contributed by atoms with Crippen LogP contribution in [0.5, 0.6) is 0 Å². The largest absolute Gasteiger partial charge is 0.478 e. The molecule has 0 saturated heterocycles. The van der Waals surface area contributed by atoms with E-state index in [2.05, 4.69) is 28.6 Å². The van der Waals surface area contributed by atoms with E-state index in [0.29, 0.717) is 10.9 Å². The molecule has 0 amide bonds. The van der Waals surface area contributed by atoms with Gasteiger partial charge in [0.1, 0.15) is 6.07 Å². The Kier molecular flexibility index (Phi) is 3.55. The third-order valence-corrected chi connectivity index (χ3v) is 2.81. The average molecular weight is 272 g/mol. The van der Waals surface area contributed by atoms with Crippen molar-refractivity contribution in [2.24, 2.45) is 0 Å². The zero-order valence-electron chi connectivity index (χ0n) is 6.99. The van der Waals surface area contributed by atoms with Crippen molar-refractivity contribution in [2.75, 3.05) is 0 Å². The van der Waals surface area contributed by atoms with Gasteiger partial charge in [-0.05, 0) is 11.6 Å². The zero-order valence-corrected chi connectivity index (χ0v) is 9.47. The number of halogens is 1. The summed E-state index contributed by atoms with van der Waals surface area (Å²) in [5.74, 6) is -1.07. The van der Waals surface area contributed by atoms with Crippen LogP contribution in [0.3, 0.4) is 0 Å². The highest BCUT2D eigenvalue weighted by Gasteiger charge is 2.15. The highest BCUT2D eigenvalue weighted by Crippen LogP contribution is 2.24. The molecule has 0 atom stereocenters. The fraction of sp³-hybridized carbons (Fsp3) is 0.111. The first kappa shape index (κ1) is 11.1. The molecule has 0 aromatic heterocycles. The molecule has 3 nitrogen and oxygen atoms in total. The number of benzene rings is 1. The van der Waals surface area contributed by atoms with Crippen molar-refractivity contribution in [3.8, 4) is 6.07 Å². The summed E-state index contributed by atoms with van der Waals surface area (Å²) in [4.78, 5) is 11.1. The third-order valence-electron chi connectivity index (χ3n) is 1.74. The summed E-state index contributed by atoms with van der Waals surface area (Å²) >= 11 is 7.21. The quantitative estimate of drug-likeness (QED) is 0.642. The van der Waals surface area contributed by atoms with Gasteiger partial charge in [-0.25, -0.2) is 4.79 Å². The van der Waals surface area contributed by atoms with E-state index in [9.17, 15) is 4.79 Å². The van der Waals surface area contributed by atoms with E-state index in [-0.39, 0.29) is 16.0 Å². The number of nitriles is 1. The lowest BCUT2D eigenvalue weighted by molar-refractivity contribution is 0.0692. The van der Waals surface area contributed by atoms with Gasteiger partial charge in [0.25, 0.3) is 0 Å². The predicted octanol–water partition coefficient (Wildman–Crippen LogP) is 2.44. The molecule has 14 heavy (non-hydrogen) atoms. The number of rotatable bonds is 2. The van der Waals surface area contributed by atoms with E-state index in [0.717, 1.165) is 0 Å². The molecular weight excluding hydrogens is 266 g/mol. The lowest BCUT2D eigenvalue weighted by atomic mass is 10.1. The Morgan fingerprint density at radius 2 is 2.29 bits per heavy atom. The summed E-state index contributed by atoms with van der Waals surface area (Å²) in [6.45, 7) is 0. The molecule has 0 unspecified atom stereocenters. The van der Waals surface area contributed by atoms with Crippen LogP contribution >= 0.6 is 28.6 Å². The first-order valence-electron chi connectivity index (χ1n) is 3.66. The molecule has 0 radical (unpaired) electrons. The molecule has 0 aliphatic heterocycles. The van der Waals surface area contributed by atoms with Gasteiger partial charge >= 0.3 is 5.97 Å². The van der Waals surface area contributed by atoms with Crippen LogP contribution in [0, 0.1) is 11.3 Å². The van der Waals surface area contributed by atoms with Crippen molar-refractivity contribution in [2.45, 2.75) is 10.2 Å². The van der Waals surface area contributed by atoms with Crippen LogP contribution < -0.4 is 0 Å². The second kappa shape index (κ2) is 4.49. The molecule has 1 rings (SSSR count). The summed E-state index contributed by atoms with van der Waals surface area (Å²) in [5.41, 5.74) is 0.973. The minimum absolute atomic E-state index is 0.0873. The zero-order chi connectivity index (χ0) is 10.7. The molecule has 1 N–H and O–H groups in total. The molecule has 72 valence electrons. The van der Waals surface area contributed by atoms with Crippen LogP contribution in [0.25, 0.3) is 0 Å². The van der Waals surface area contributed by atoms with Gasteiger partial charge in [-0.15, -0.1) is 12.6 Å². The number of thiol groups is 1. The molecule has 0 aliphatic rings. The summed E-state index contributed by atoms with van der Waals surface area (Å²) in [6, 6.07) is 5.06. The van der Waals surface area contributed by atoms with Crippen molar-refractivity contribution in [1.29, 1.82) is 5.26 Å². The first-order valence-corrected chi connectivity index (χ1v) is 5.23. The number of nitrogens with zero attached hydrogens (tertiary/aromatic N) is 1. The molecule has 0 aliphatic carbocycles. The molecule has 0 saturated carbocycles. The Hall–Kier alpha value is -0.990. The van der Waals surface area contributed by atoms with E-state index in [1.54, 1.807) is 12.1 Å². The lowest BCUT2D eigenvalue weighted by Gasteiger charge is -2.06. The molecule has 1 aromatic carbocycles. The van der Waals surface area contributed by atoms with Gasteiger partial charge in [-0.3, -0.25) is 0 Å². The fourth-order valence-electron chi connectivity index (χ4n) is 1.07. The first-order chi connectivity index (χ1) is 6.61. The van der Waals surface area contributed by atoms with E-state index < -0.39 is 5.97 Å². The number of hydrogen-bond acceptors (Lipinski definition) is 3. The Balaban J connectivity index is 3.49. The normalized spacial score (nSPS) is 9.50. The van der Waals surface area contributed by atoms with Crippen LogP contribution in [-0.4, -0.2) is 11.1 Å². The monoisotopic (exact) mass is 271 g/mol. The number of carboxylic acids is 1. The molecular formula is C9H6BrNO2S. The van der Waals surface area contributed by atoms with Gasteiger partial charge in [-0.2, -0.15) is 5.26 Å². The molecule has 5 heteroatoms. The number of hydrogen-bond donors (Lipinski definition) is 2. The van der Waals surface area contributed by atoms with Crippen LogP contribution in [-0.2, 0) is 5.33 Å². The van der Waals surface area contributed by atoms with E-state index >= 15 is 0 Å². The topological polar surface area (TPSA) is 61.1 Å². The van der Waals surface area contributed by atoms with Gasteiger partial charge in [0.2, 0.25) is 0 Å². The summed E-state index contributed by atoms with van der Waals surface area (Å²) < 4.78 is 0. The summed E-state index contributed by atoms with van der Waals surface area (Å²) in [7, 11) is 0. The molecule has 0 spiro atoms. The van der Waals surface area contributed by atoms with Crippen LogP contribution in [0.15, 0.2) is 17.0 Å². The second-order valence-electron chi connectivity index (χ2n) is 2.55. The maximum absolute atomic E-state index is 10.9. The van der Waals surface area contributed by atoms with E-state index in [1.165, 1.54) is 0 Å². The van der Waals surface area contributed by atoms with Crippen molar-refractivity contribution in [3.05, 3.63) is 28.8 Å². The fourth-order valence-corrected chi connectivity index (χ4v) is 1.90. The average Bonchev–Trinajstić information content (AvgIpc) is 2.16. The maximum atomic E-state index is 10.9. The minimum atomic E-state index is -1.07. The number of aromatic carboxylic acids is 1. The second-order valence-corrected chi connectivity index (χ2v) is 3.55. The Morgan fingerprint density at radius 3 is 2.71 bits per heavy atom. The van der Waals surface area contributed by atoms with E-state index in [4.69, 9.17) is 10.4 Å².